The molecule has 3 aliphatic rings. The number of nitrogens with one attached hydrogen (secondary N) is 2. The van der Waals surface area contributed by atoms with Crippen molar-refractivity contribution < 1.29 is 14.4 Å². The van der Waals surface area contributed by atoms with E-state index in [1.807, 2.05) is 4.90 Å². The van der Waals surface area contributed by atoms with Gasteiger partial charge in [0, 0.05) is 62.9 Å². The fourth-order valence-corrected chi connectivity index (χ4v) is 5.45. The average molecular weight is 434 g/mol. The largest absolute Gasteiger partial charge is 0.356 e. The van der Waals surface area contributed by atoms with Crippen LogP contribution < -0.4 is 10.6 Å². The minimum atomic E-state index is -0.558. The highest BCUT2D eigenvalue weighted by Gasteiger charge is 2.64. The quantitative estimate of drug-likeness (QED) is 0.713. The Kier molecular flexibility index (Phi) is 5.30. The van der Waals surface area contributed by atoms with Crippen LogP contribution in [0.2, 0.25) is 5.02 Å². The Balaban J connectivity index is 1.48. The van der Waals surface area contributed by atoms with Crippen molar-refractivity contribution in [3.63, 3.8) is 0 Å². The maximum absolute atomic E-state index is 12.9. The maximum Gasteiger partial charge on any atom is 0.321 e. The lowest BCUT2D eigenvalue weighted by atomic mass is 9.60. The Labute approximate surface area is 181 Å². The molecule has 3 aliphatic heterocycles. The van der Waals surface area contributed by atoms with Crippen LogP contribution in [0.5, 0.6) is 0 Å². The van der Waals surface area contributed by atoms with Crippen LogP contribution in [0.1, 0.15) is 19.3 Å². The third-order valence-corrected chi connectivity index (χ3v) is 7.25. The first kappa shape index (κ1) is 20.8. The molecule has 0 bridgehead atoms. The molecule has 4 rings (SSSR count). The van der Waals surface area contributed by atoms with E-state index in [-0.39, 0.29) is 23.4 Å². The van der Waals surface area contributed by atoms with Crippen molar-refractivity contribution in [1.29, 1.82) is 0 Å². The van der Waals surface area contributed by atoms with Crippen LogP contribution in [-0.4, -0.2) is 79.5 Å². The minimum Gasteiger partial charge on any atom is -0.356 e. The Morgan fingerprint density at radius 1 is 1.07 bits per heavy atom. The molecule has 9 heteroatoms. The van der Waals surface area contributed by atoms with E-state index in [0.29, 0.717) is 56.3 Å². The zero-order valence-electron chi connectivity index (χ0n) is 17.4. The van der Waals surface area contributed by atoms with Crippen LogP contribution in [-0.2, 0) is 4.79 Å². The Morgan fingerprint density at radius 2 is 1.73 bits per heavy atom. The number of piperidine rings is 1. The van der Waals surface area contributed by atoms with Gasteiger partial charge in [0.2, 0.25) is 5.91 Å². The molecule has 0 unspecified atom stereocenters. The summed E-state index contributed by atoms with van der Waals surface area (Å²) in [5, 5.41) is 6.51. The Bertz CT molecular complexity index is 851. The number of fused-ring (bicyclic) bond motifs is 1. The normalized spacial score (nSPS) is 25.0. The van der Waals surface area contributed by atoms with Gasteiger partial charge < -0.3 is 25.3 Å². The fourth-order valence-electron chi connectivity index (χ4n) is 5.32. The number of carbonyl (C=O) groups is 3. The van der Waals surface area contributed by atoms with E-state index in [1.54, 1.807) is 48.2 Å². The standard InChI is InChI=1S/C21H28ClN5O3/c1-25(2)19(30)27-13-20(21(14-27)7-10-23-17(21)28)8-11-26(12-9-20)18(29)24-16-5-3-15(22)4-6-16/h3-6H,7-14H2,1-2H3,(H,23,28)(H,24,29)/t21-/m0/s1. The van der Waals surface area contributed by atoms with Gasteiger partial charge in [-0.05, 0) is 43.5 Å². The number of carbonyl (C=O) groups excluding carboxylic acids is 3. The van der Waals surface area contributed by atoms with Gasteiger partial charge in [-0.1, -0.05) is 11.6 Å². The fraction of sp³-hybridized carbons (Fsp3) is 0.571. The van der Waals surface area contributed by atoms with Crippen molar-refractivity contribution in [3.05, 3.63) is 29.3 Å². The first-order valence-electron chi connectivity index (χ1n) is 10.3. The molecule has 2 spiro atoms. The first-order valence-corrected chi connectivity index (χ1v) is 10.7. The van der Waals surface area contributed by atoms with Crippen molar-refractivity contribution in [2.45, 2.75) is 19.3 Å². The van der Waals surface area contributed by atoms with Crippen molar-refractivity contribution >= 4 is 35.3 Å². The minimum absolute atomic E-state index is 0.0515. The number of nitrogens with zero attached hydrogens (tertiary/aromatic N) is 3. The van der Waals surface area contributed by atoms with Crippen molar-refractivity contribution in [1.82, 2.24) is 20.0 Å². The molecule has 0 saturated carbocycles. The number of halogens is 1. The van der Waals surface area contributed by atoms with Gasteiger partial charge in [0.15, 0.2) is 0 Å². The lowest BCUT2D eigenvalue weighted by molar-refractivity contribution is -0.133. The van der Waals surface area contributed by atoms with E-state index >= 15 is 0 Å². The van der Waals surface area contributed by atoms with Gasteiger partial charge in [0.25, 0.3) is 0 Å². The van der Waals surface area contributed by atoms with Crippen LogP contribution >= 0.6 is 11.6 Å². The number of amides is 5. The summed E-state index contributed by atoms with van der Waals surface area (Å²) >= 11 is 5.90. The number of benzene rings is 1. The number of hydrogen-bond acceptors (Lipinski definition) is 3. The molecule has 3 fully saturated rings. The highest BCUT2D eigenvalue weighted by molar-refractivity contribution is 6.30. The molecular formula is C21H28ClN5O3. The van der Waals surface area contributed by atoms with Gasteiger partial charge in [0.1, 0.15) is 0 Å². The van der Waals surface area contributed by atoms with Crippen LogP contribution in [0.4, 0.5) is 15.3 Å². The van der Waals surface area contributed by atoms with Gasteiger partial charge in [-0.2, -0.15) is 0 Å². The molecular weight excluding hydrogens is 406 g/mol. The number of likely N-dealkylation sites (tertiary alicyclic amines) is 2. The molecule has 0 aromatic heterocycles. The zero-order valence-corrected chi connectivity index (χ0v) is 18.2. The summed E-state index contributed by atoms with van der Waals surface area (Å²) in [6, 6.07) is 6.79. The molecule has 0 radical (unpaired) electrons. The summed E-state index contributed by atoms with van der Waals surface area (Å²) in [6.07, 6.45) is 2.14. The topological polar surface area (TPSA) is 85.0 Å². The first-order chi connectivity index (χ1) is 14.3. The monoisotopic (exact) mass is 433 g/mol. The van der Waals surface area contributed by atoms with Crippen molar-refractivity contribution in [2.75, 3.05) is 52.1 Å². The van der Waals surface area contributed by atoms with Crippen LogP contribution in [0.3, 0.4) is 0 Å². The van der Waals surface area contributed by atoms with Gasteiger partial charge in [-0.25, -0.2) is 9.59 Å². The molecule has 0 aliphatic carbocycles. The SMILES string of the molecule is CN(C)C(=O)N1CC2(CCN(C(=O)Nc3ccc(Cl)cc3)CC2)[C@@]2(CCNC2=O)C1. The summed E-state index contributed by atoms with van der Waals surface area (Å²) in [5.74, 6) is 0.0515. The van der Waals surface area contributed by atoms with Gasteiger partial charge in [-0.3, -0.25) is 4.79 Å². The zero-order chi connectivity index (χ0) is 21.5. The van der Waals surface area contributed by atoms with Crippen molar-refractivity contribution in [3.8, 4) is 0 Å². The predicted octanol–water partition coefficient (Wildman–Crippen LogP) is 2.46. The second-order valence-corrected chi connectivity index (χ2v) is 9.26. The van der Waals surface area contributed by atoms with Crippen LogP contribution in [0, 0.1) is 10.8 Å². The Morgan fingerprint density at radius 3 is 2.30 bits per heavy atom. The smallest absolute Gasteiger partial charge is 0.321 e. The molecule has 8 nitrogen and oxygen atoms in total. The van der Waals surface area contributed by atoms with Gasteiger partial charge in [0.05, 0.1) is 5.41 Å². The lowest BCUT2D eigenvalue weighted by Gasteiger charge is -2.46. The second-order valence-electron chi connectivity index (χ2n) is 8.83. The highest BCUT2D eigenvalue weighted by atomic mass is 35.5. The van der Waals surface area contributed by atoms with E-state index in [2.05, 4.69) is 10.6 Å². The summed E-state index contributed by atoms with van der Waals surface area (Å²) in [7, 11) is 3.47. The number of anilines is 1. The van der Waals surface area contributed by atoms with Crippen molar-refractivity contribution in [2.24, 2.45) is 10.8 Å². The summed E-state index contributed by atoms with van der Waals surface area (Å²) in [6.45, 7) is 2.76. The van der Waals surface area contributed by atoms with E-state index in [4.69, 9.17) is 11.6 Å². The van der Waals surface area contributed by atoms with E-state index in [1.165, 1.54) is 0 Å². The Hall–Kier alpha value is -2.48. The molecule has 3 saturated heterocycles. The summed E-state index contributed by atoms with van der Waals surface area (Å²) < 4.78 is 0. The predicted molar refractivity (Wildman–Crippen MR) is 114 cm³/mol. The number of urea groups is 2. The van der Waals surface area contributed by atoms with Gasteiger partial charge in [-0.15, -0.1) is 0 Å². The molecule has 1 aromatic carbocycles. The van der Waals surface area contributed by atoms with Crippen LogP contribution in [0.15, 0.2) is 24.3 Å². The molecule has 162 valence electrons. The second kappa shape index (κ2) is 7.65. The molecule has 2 N–H and O–H groups in total. The average Bonchev–Trinajstić information content (AvgIpc) is 3.25. The molecule has 1 aromatic rings. The van der Waals surface area contributed by atoms with Gasteiger partial charge >= 0.3 is 12.1 Å². The molecule has 30 heavy (non-hydrogen) atoms. The maximum atomic E-state index is 12.9. The summed E-state index contributed by atoms with van der Waals surface area (Å²) in [5.41, 5.74) is -0.159. The third-order valence-electron chi connectivity index (χ3n) is 7.00. The van der Waals surface area contributed by atoms with Crippen LogP contribution in [0.25, 0.3) is 0 Å². The molecule has 1 atom stereocenters. The number of rotatable bonds is 1. The summed E-state index contributed by atoms with van der Waals surface area (Å²) in [4.78, 5) is 43.5. The molecule has 5 amide bonds. The van der Waals surface area contributed by atoms with E-state index in [9.17, 15) is 14.4 Å². The van der Waals surface area contributed by atoms with E-state index < -0.39 is 5.41 Å². The number of hydrogen-bond donors (Lipinski definition) is 2. The molecule has 3 heterocycles. The lowest BCUT2D eigenvalue weighted by Crippen LogP contribution is -2.53. The third kappa shape index (κ3) is 3.37. The highest BCUT2D eigenvalue weighted by Crippen LogP contribution is 2.56. The van der Waals surface area contributed by atoms with E-state index in [0.717, 1.165) is 6.42 Å².